The van der Waals surface area contributed by atoms with Crippen LogP contribution in [-0.2, 0) is 9.53 Å². The molecule has 1 amide bonds. The minimum Gasteiger partial charge on any atom is -0.481 e. The summed E-state index contributed by atoms with van der Waals surface area (Å²) in [5.41, 5.74) is -1.45. The fraction of sp³-hybridized carbons (Fsp3) is 0.857. The number of carboxylic acid groups (broad SMARTS) is 1. The summed E-state index contributed by atoms with van der Waals surface area (Å²) in [5.74, 6) is -0.843. The second-order valence-corrected chi connectivity index (χ2v) is 6.38. The Balaban J connectivity index is 2.57. The number of alkyl carbamates (subject to hydrolysis) is 1. The van der Waals surface area contributed by atoms with Crippen molar-refractivity contribution < 1.29 is 19.4 Å². The van der Waals surface area contributed by atoms with Crippen molar-refractivity contribution in [3.8, 4) is 0 Å². The number of aliphatic carboxylic acids is 1. The first-order valence-corrected chi connectivity index (χ1v) is 7.11. The summed E-state index contributed by atoms with van der Waals surface area (Å²) in [6.07, 6.45) is 0.536. The highest BCUT2D eigenvalue weighted by Crippen LogP contribution is 2.31. The first-order valence-electron chi connectivity index (χ1n) is 7.11. The average Bonchev–Trinajstić information content (AvgIpc) is 2.34. The van der Waals surface area contributed by atoms with E-state index < -0.39 is 23.1 Å². The van der Waals surface area contributed by atoms with Gasteiger partial charge in [-0.2, -0.15) is 0 Å². The van der Waals surface area contributed by atoms with Crippen LogP contribution >= 0.6 is 0 Å². The second kappa shape index (κ2) is 6.43. The molecule has 0 aliphatic carbocycles. The second-order valence-electron chi connectivity index (χ2n) is 6.38. The summed E-state index contributed by atoms with van der Waals surface area (Å²) < 4.78 is 5.14. The van der Waals surface area contributed by atoms with Gasteiger partial charge in [-0.1, -0.05) is 6.92 Å². The van der Waals surface area contributed by atoms with E-state index in [1.807, 2.05) is 0 Å². The average molecular weight is 286 g/mol. The molecule has 0 unspecified atom stereocenters. The van der Waals surface area contributed by atoms with E-state index in [0.717, 1.165) is 19.6 Å². The Kier molecular flexibility index (Phi) is 5.39. The fourth-order valence-corrected chi connectivity index (χ4v) is 2.32. The molecular weight excluding hydrogens is 260 g/mol. The van der Waals surface area contributed by atoms with Gasteiger partial charge in [0.1, 0.15) is 5.60 Å². The van der Waals surface area contributed by atoms with Crippen LogP contribution in [0.1, 0.15) is 40.5 Å². The van der Waals surface area contributed by atoms with Crippen LogP contribution in [0.25, 0.3) is 0 Å². The van der Waals surface area contributed by atoms with Crippen LogP contribution in [0, 0.1) is 5.41 Å². The van der Waals surface area contributed by atoms with Gasteiger partial charge in [-0.05, 0) is 53.2 Å². The summed E-state index contributed by atoms with van der Waals surface area (Å²) in [7, 11) is 0. The molecule has 0 aromatic heterocycles. The molecule has 0 radical (unpaired) electrons. The third-order valence-corrected chi connectivity index (χ3v) is 3.68. The predicted octanol–water partition coefficient (Wildman–Crippen LogP) is 1.70. The number of nitrogens with zero attached hydrogens (tertiary/aromatic N) is 1. The van der Waals surface area contributed by atoms with Crippen LogP contribution < -0.4 is 5.32 Å². The highest BCUT2D eigenvalue weighted by atomic mass is 16.6. The fourth-order valence-electron chi connectivity index (χ4n) is 2.32. The van der Waals surface area contributed by atoms with Gasteiger partial charge in [-0.3, -0.25) is 4.79 Å². The molecule has 1 aliphatic heterocycles. The van der Waals surface area contributed by atoms with E-state index in [2.05, 4.69) is 17.1 Å². The van der Waals surface area contributed by atoms with Gasteiger partial charge in [0.05, 0.1) is 5.41 Å². The number of carboxylic acids is 1. The number of amides is 1. The number of carbonyl (C=O) groups is 2. The quantitative estimate of drug-likeness (QED) is 0.822. The zero-order chi connectivity index (χ0) is 15.4. The molecule has 0 spiro atoms. The Hall–Kier alpha value is -1.30. The van der Waals surface area contributed by atoms with E-state index in [1.54, 1.807) is 20.8 Å². The molecular formula is C14H26N2O4. The lowest BCUT2D eigenvalue weighted by Crippen LogP contribution is -2.50. The highest BCUT2D eigenvalue weighted by molar-refractivity contribution is 5.76. The Labute approximate surface area is 120 Å². The van der Waals surface area contributed by atoms with Gasteiger partial charge in [0.15, 0.2) is 0 Å². The molecule has 116 valence electrons. The van der Waals surface area contributed by atoms with Crippen molar-refractivity contribution in [2.24, 2.45) is 5.41 Å². The Morgan fingerprint density at radius 3 is 2.25 bits per heavy atom. The molecule has 6 heteroatoms. The van der Waals surface area contributed by atoms with Crippen LogP contribution in [0.5, 0.6) is 0 Å². The van der Waals surface area contributed by atoms with E-state index in [0.29, 0.717) is 12.8 Å². The van der Waals surface area contributed by atoms with Gasteiger partial charge < -0.3 is 20.1 Å². The minimum atomic E-state index is -0.872. The molecule has 1 rings (SSSR count). The van der Waals surface area contributed by atoms with E-state index in [-0.39, 0.29) is 6.54 Å². The predicted molar refractivity (Wildman–Crippen MR) is 75.7 cm³/mol. The van der Waals surface area contributed by atoms with Crippen molar-refractivity contribution in [3.63, 3.8) is 0 Å². The van der Waals surface area contributed by atoms with Crippen LogP contribution in [-0.4, -0.2) is 53.8 Å². The van der Waals surface area contributed by atoms with E-state index in [9.17, 15) is 14.7 Å². The number of rotatable bonds is 4. The molecule has 2 N–H and O–H groups in total. The third kappa shape index (κ3) is 4.67. The molecule has 1 saturated heterocycles. The van der Waals surface area contributed by atoms with Crippen LogP contribution in [0.15, 0.2) is 0 Å². The van der Waals surface area contributed by atoms with Crippen molar-refractivity contribution >= 4 is 12.1 Å². The molecule has 1 fully saturated rings. The number of hydrogen-bond donors (Lipinski definition) is 2. The summed E-state index contributed by atoms with van der Waals surface area (Å²) in [4.78, 5) is 25.4. The van der Waals surface area contributed by atoms with Crippen molar-refractivity contribution in [1.82, 2.24) is 10.2 Å². The number of likely N-dealkylation sites (tertiary alicyclic amines) is 1. The summed E-state index contributed by atoms with van der Waals surface area (Å²) in [6.45, 7) is 9.94. The molecule has 0 aromatic carbocycles. The standard InChI is InChI=1S/C14H26N2O4/c1-5-16-8-6-14(7-9-16,11(17)18)10-15-12(19)20-13(2,3)4/h5-10H2,1-4H3,(H,15,19)(H,17,18). The van der Waals surface area contributed by atoms with Crippen LogP contribution in [0.3, 0.4) is 0 Å². The Bertz CT molecular complexity index is 355. The van der Waals surface area contributed by atoms with Crippen molar-refractivity contribution in [2.45, 2.75) is 46.1 Å². The summed E-state index contributed by atoms with van der Waals surface area (Å²) in [5, 5.41) is 12.1. The zero-order valence-corrected chi connectivity index (χ0v) is 12.9. The van der Waals surface area contributed by atoms with Crippen LogP contribution in [0.2, 0.25) is 0 Å². The van der Waals surface area contributed by atoms with Gasteiger partial charge in [0, 0.05) is 6.54 Å². The molecule has 0 bridgehead atoms. The van der Waals surface area contributed by atoms with Crippen molar-refractivity contribution in [3.05, 3.63) is 0 Å². The minimum absolute atomic E-state index is 0.120. The zero-order valence-electron chi connectivity index (χ0n) is 12.9. The first-order chi connectivity index (χ1) is 9.18. The molecule has 0 atom stereocenters. The van der Waals surface area contributed by atoms with E-state index >= 15 is 0 Å². The third-order valence-electron chi connectivity index (χ3n) is 3.68. The molecule has 20 heavy (non-hydrogen) atoms. The SMILES string of the molecule is CCN1CCC(CNC(=O)OC(C)(C)C)(C(=O)O)CC1. The number of ether oxygens (including phenoxy) is 1. The van der Waals surface area contributed by atoms with Crippen LogP contribution in [0.4, 0.5) is 4.79 Å². The Morgan fingerprint density at radius 2 is 1.85 bits per heavy atom. The molecule has 6 nitrogen and oxygen atoms in total. The lowest BCUT2D eigenvalue weighted by atomic mass is 9.78. The first kappa shape index (κ1) is 16.8. The van der Waals surface area contributed by atoms with Gasteiger partial charge in [0.2, 0.25) is 0 Å². The molecule has 0 aromatic rings. The number of carbonyl (C=O) groups excluding carboxylic acids is 1. The summed E-state index contributed by atoms with van der Waals surface area (Å²) in [6, 6.07) is 0. The van der Waals surface area contributed by atoms with E-state index in [4.69, 9.17) is 4.74 Å². The van der Waals surface area contributed by atoms with Crippen molar-refractivity contribution in [1.29, 1.82) is 0 Å². The lowest BCUT2D eigenvalue weighted by Gasteiger charge is -2.38. The largest absolute Gasteiger partial charge is 0.481 e. The maximum Gasteiger partial charge on any atom is 0.407 e. The normalized spacial score (nSPS) is 19.4. The molecule has 0 saturated carbocycles. The lowest BCUT2D eigenvalue weighted by molar-refractivity contribution is -0.151. The maximum absolute atomic E-state index is 11.6. The topological polar surface area (TPSA) is 78.9 Å². The number of hydrogen-bond acceptors (Lipinski definition) is 4. The number of piperidine rings is 1. The van der Waals surface area contributed by atoms with Gasteiger partial charge in [-0.25, -0.2) is 4.79 Å². The highest BCUT2D eigenvalue weighted by Gasteiger charge is 2.41. The molecule has 1 heterocycles. The van der Waals surface area contributed by atoms with E-state index in [1.165, 1.54) is 0 Å². The van der Waals surface area contributed by atoms with Gasteiger partial charge in [0.25, 0.3) is 0 Å². The monoisotopic (exact) mass is 286 g/mol. The maximum atomic E-state index is 11.6. The van der Waals surface area contributed by atoms with Gasteiger partial charge in [-0.15, -0.1) is 0 Å². The Morgan fingerprint density at radius 1 is 1.30 bits per heavy atom. The molecule has 1 aliphatic rings. The van der Waals surface area contributed by atoms with Gasteiger partial charge >= 0.3 is 12.1 Å². The summed E-state index contributed by atoms with van der Waals surface area (Å²) >= 11 is 0. The van der Waals surface area contributed by atoms with Crippen molar-refractivity contribution in [2.75, 3.05) is 26.2 Å². The number of nitrogens with one attached hydrogen (secondary N) is 1. The smallest absolute Gasteiger partial charge is 0.407 e.